The second-order valence-corrected chi connectivity index (χ2v) is 14.4. The Morgan fingerprint density at radius 1 is 0.298 bits per heavy atom. The van der Waals surface area contributed by atoms with Crippen molar-refractivity contribution in [3.8, 4) is 67.5 Å². The minimum Gasteiger partial charge on any atom is -0.455 e. The van der Waals surface area contributed by atoms with Gasteiger partial charge in [0, 0.05) is 33.0 Å². The van der Waals surface area contributed by atoms with E-state index in [1.807, 2.05) is 18.2 Å². The fourth-order valence-electron chi connectivity index (χ4n) is 8.19. The molecular weight excluding hydrogens is 695 g/mol. The highest BCUT2D eigenvalue weighted by molar-refractivity contribution is 6.15. The van der Waals surface area contributed by atoms with Crippen molar-refractivity contribution >= 4 is 43.5 Å². The molecule has 9 aromatic carbocycles. The molecule has 266 valence electrons. The highest BCUT2D eigenvalue weighted by Crippen LogP contribution is 2.42. The van der Waals surface area contributed by atoms with E-state index in [2.05, 4.69) is 182 Å². The summed E-state index contributed by atoms with van der Waals surface area (Å²) in [6, 6.07) is 69.8. The van der Waals surface area contributed by atoms with Gasteiger partial charge in [0.2, 0.25) is 0 Å². The van der Waals surface area contributed by atoms with Gasteiger partial charge in [-0.05, 0) is 67.6 Å². The van der Waals surface area contributed by atoms with Crippen LogP contribution < -0.4 is 0 Å². The van der Waals surface area contributed by atoms with Crippen LogP contribution in [0.15, 0.2) is 205 Å². The Balaban J connectivity index is 1.11. The molecule has 0 aliphatic carbocycles. The van der Waals surface area contributed by atoms with E-state index in [0.717, 1.165) is 71.7 Å². The summed E-state index contributed by atoms with van der Waals surface area (Å²) in [5.41, 5.74) is 11.2. The molecule has 0 aliphatic rings. The van der Waals surface area contributed by atoms with Crippen molar-refractivity contribution in [2.75, 3.05) is 0 Å². The molecular formula is C53H33N3O. The molecule has 4 nitrogen and oxygen atoms in total. The van der Waals surface area contributed by atoms with Crippen LogP contribution in [0.4, 0.5) is 0 Å². The maximum Gasteiger partial charge on any atom is 0.164 e. The van der Waals surface area contributed by atoms with Crippen LogP contribution in [0.2, 0.25) is 0 Å². The molecule has 2 heterocycles. The first-order valence-corrected chi connectivity index (χ1v) is 19.2. The van der Waals surface area contributed by atoms with E-state index < -0.39 is 0 Å². The molecule has 0 N–H and O–H groups in total. The number of furan rings is 1. The van der Waals surface area contributed by atoms with Gasteiger partial charge in [-0.15, -0.1) is 0 Å². The Morgan fingerprint density at radius 2 is 0.825 bits per heavy atom. The molecule has 0 bridgehead atoms. The fourth-order valence-corrected chi connectivity index (χ4v) is 8.19. The number of nitrogens with zero attached hydrogens (tertiary/aromatic N) is 3. The molecule has 2 aromatic heterocycles. The van der Waals surface area contributed by atoms with Gasteiger partial charge in [-0.2, -0.15) is 0 Å². The Labute approximate surface area is 329 Å². The van der Waals surface area contributed by atoms with E-state index >= 15 is 0 Å². The van der Waals surface area contributed by atoms with Crippen LogP contribution in [0, 0.1) is 0 Å². The summed E-state index contributed by atoms with van der Waals surface area (Å²) in [7, 11) is 0. The van der Waals surface area contributed by atoms with Crippen molar-refractivity contribution in [2.45, 2.75) is 0 Å². The van der Waals surface area contributed by atoms with Gasteiger partial charge in [-0.1, -0.05) is 182 Å². The van der Waals surface area contributed by atoms with Gasteiger partial charge in [-0.3, -0.25) is 0 Å². The molecule has 4 heteroatoms. The predicted octanol–water partition coefficient (Wildman–Crippen LogP) is 14.1. The van der Waals surface area contributed by atoms with E-state index in [1.54, 1.807) is 0 Å². The molecule has 0 spiro atoms. The number of rotatable bonds is 6. The maximum absolute atomic E-state index is 6.83. The van der Waals surface area contributed by atoms with Crippen molar-refractivity contribution in [3.63, 3.8) is 0 Å². The zero-order valence-corrected chi connectivity index (χ0v) is 30.8. The molecule has 57 heavy (non-hydrogen) atoms. The van der Waals surface area contributed by atoms with Gasteiger partial charge in [0.1, 0.15) is 11.2 Å². The van der Waals surface area contributed by atoms with Crippen LogP contribution in [0.25, 0.3) is 111 Å². The third-order valence-corrected chi connectivity index (χ3v) is 10.9. The smallest absolute Gasteiger partial charge is 0.164 e. The van der Waals surface area contributed by atoms with Gasteiger partial charge >= 0.3 is 0 Å². The average Bonchev–Trinajstić information content (AvgIpc) is 3.68. The molecule has 0 amide bonds. The first-order valence-electron chi connectivity index (χ1n) is 19.2. The lowest BCUT2D eigenvalue weighted by atomic mass is 9.92. The molecule has 11 rings (SSSR count). The van der Waals surface area contributed by atoms with Crippen LogP contribution in [0.5, 0.6) is 0 Å². The number of fused-ring (bicyclic) bond motifs is 5. The first-order chi connectivity index (χ1) is 28.2. The topological polar surface area (TPSA) is 51.8 Å². The third-order valence-electron chi connectivity index (χ3n) is 10.9. The Bertz CT molecular complexity index is 3270. The molecule has 0 aliphatic heterocycles. The van der Waals surface area contributed by atoms with Crippen LogP contribution >= 0.6 is 0 Å². The van der Waals surface area contributed by atoms with Crippen LogP contribution in [-0.2, 0) is 0 Å². The van der Waals surface area contributed by atoms with Gasteiger partial charge in [-0.25, -0.2) is 15.0 Å². The zero-order valence-electron chi connectivity index (χ0n) is 30.8. The second kappa shape index (κ2) is 13.6. The van der Waals surface area contributed by atoms with E-state index in [9.17, 15) is 0 Å². The SMILES string of the molecule is c1ccc(-c2ccc(-c3nc(-c4cccc5ccccc45)nc(-c4cccc5oc6c(-c7cc(-c8ccccc8)c8ccccc8c7)cccc6c45)n3)cc2)cc1. The van der Waals surface area contributed by atoms with Crippen LogP contribution in [-0.4, -0.2) is 15.0 Å². The summed E-state index contributed by atoms with van der Waals surface area (Å²) in [5.74, 6) is 1.82. The van der Waals surface area contributed by atoms with Crippen molar-refractivity contribution in [2.24, 2.45) is 0 Å². The average molecular weight is 728 g/mol. The normalized spacial score (nSPS) is 11.5. The Hall–Kier alpha value is -7.69. The van der Waals surface area contributed by atoms with Gasteiger partial charge in [0.05, 0.1) is 0 Å². The van der Waals surface area contributed by atoms with Crippen molar-refractivity contribution in [3.05, 3.63) is 200 Å². The zero-order chi connectivity index (χ0) is 37.7. The summed E-state index contributed by atoms with van der Waals surface area (Å²) in [6.45, 7) is 0. The first kappa shape index (κ1) is 32.7. The number of para-hydroxylation sites is 1. The summed E-state index contributed by atoms with van der Waals surface area (Å²) in [4.78, 5) is 15.6. The minimum absolute atomic E-state index is 0.589. The van der Waals surface area contributed by atoms with Gasteiger partial charge in [0.15, 0.2) is 17.5 Å². The molecule has 0 fully saturated rings. The quantitative estimate of drug-likeness (QED) is 0.171. The third kappa shape index (κ3) is 5.74. The number of hydrogen-bond donors (Lipinski definition) is 0. The fraction of sp³-hybridized carbons (Fsp3) is 0. The van der Waals surface area contributed by atoms with Crippen LogP contribution in [0.3, 0.4) is 0 Å². The molecule has 0 atom stereocenters. The highest BCUT2D eigenvalue weighted by atomic mass is 16.3. The van der Waals surface area contributed by atoms with Crippen molar-refractivity contribution in [1.82, 2.24) is 15.0 Å². The summed E-state index contributed by atoms with van der Waals surface area (Å²) < 4.78 is 6.83. The molecule has 11 aromatic rings. The standard InChI is InChI=1S/C53H33N3O/c1-3-14-34(15-4-1)35-28-30-38(31-29-35)51-54-52(44-24-11-20-36-18-7-9-21-41(36)44)56-53(55-51)46-26-13-27-48-49(46)45-25-12-23-43(50(45)57-48)40-32-39-19-8-10-22-42(39)47(33-40)37-16-5-2-6-17-37/h1-33H. The maximum atomic E-state index is 6.83. The second-order valence-electron chi connectivity index (χ2n) is 14.4. The monoisotopic (exact) mass is 727 g/mol. The number of hydrogen-bond acceptors (Lipinski definition) is 4. The molecule has 0 unspecified atom stereocenters. The lowest BCUT2D eigenvalue weighted by Crippen LogP contribution is -2.01. The Morgan fingerprint density at radius 3 is 1.61 bits per heavy atom. The van der Waals surface area contributed by atoms with Crippen molar-refractivity contribution in [1.29, 1.82) is 0 Å². The highest BCUT2D eigenvalue weighted by Gasteiger charge is 2.21. The summed E-state index contributed by atoms with van der Waals surface area (Å²) >= 11 is 0. The van der Waals surface area contributed by atoms with Crippen LogP contribution in [0.1, 0.15) is 0 Å². The predicted molar refractivity (Wildman–Crippen MR) is 235 cm³/mol. The van der Waals surface area contributed by atoms with E-state index in [-0.39, 0.29) is 0 Å². The number of aromatic nitrogens is 3. The minimum atomic E-state index is 0.589. The molecule has 0 radical (unpaired) electrons. The summed E-state index contributed by atoms with van der Waals surface area (Å²) in [6.07, 6.45) is 0. The largest absolute Gasteiger partial charge is 0.455 e. The Kier molecular flexibility index (Phi) is 7.78. The number of benzene rings is 9. The van der Waals surface area contributed by atoms with Gasteiger partial charge < -0.3 is 4.42 Å². The van der Waals surface area contributed by atoms with E-state index in [0.29, 0.717) is 17.5 Å². The van der Waals surface area contributed by atoms with E-state index in [1.165, 1.54) is 21.9 Å². The van der Waals surface area contributed by atoms with E-state index in [4.69, 9.17) is 19.4 Å². The molecule has 0 saturated heterocycles. The molecule has 0 saturated carbocycles. The lowest BCUT2D eigenvalue weighted by Gasteiger charge is -2.12. The summed E-state index contributed by atoms with van der Waals surface area (Å²) in [5, 5.41) is 6.59. The lowest BCUT2D eigenvalue weighted by molar-refractivity contribution is 0.670. The van der Waals surface area contributed by atoms with Gasteiger partial charge in [0.25, 0.3) is 0 Å². The van der Waals surface area contributed by atoms with Crippen molar-refractivity contribution < 1.29 is 4.42 Å².